The number of carbonyl (C=O) groups is 1. The van der Waals surface area contributed by atoms with Gasteiger partial charge >= 0.3 is 0 Å². The summed E-state index contributed by atoms with van der Waals surface area (Å²) in [5.41, 5.74) is 0. The van der Waals surface area contributed by atoms with Crippen LogP contribution in [-0.4, -0.2) is 57.3 Å². The van der Waals surface area contributed by atoms with Gasteiger partial charge in [-0.3, -0.25) is 4.79 Å². The van der Waals surface area contributed by atoms with E-state index < -0.39 is 36.9 Å². The third kappa shape index (κ3) is 27.1. The Balaban J connectivity index is 3.88. The first-order valence-electron chi connectivity index (χ1n) is 18.7. The fraction of sp³-hybridized carbons (Fsp3) is 0.868. The van der Waals surface area contributed by atoms with Gasteiger partial charge in [-0.2, -0.15) is 0 Å². The zero-order chi connectivity index (χ0) is 32.5. The highest BCUT2D eigenvalue weighted by Gasteiger charge is 2.28. The second-order valence-electron chi connectivity index (χ2n) is 12.9. The molecule has 0 aliphatic heterocycles. The summed E-state index contributed by atoms with van der Waals surface area (Å²) in [7, 11) is 0. The van der Waals surface area contributed by atoms with Crippen LogP contribution in [0.1, 0.15) is 181 Å². The Bertz CT molecular complexity index is 668. The molecule has 4 unspecified atom stereocenters. The number of aliphatic hydroxyl groups excluding tert-OH is 4. The zero-order valence-electron chi connectivity index (χ0n) is 28.9. The van der Waals surface area contributed by atoms with Gasteiger partial charge < -0.3 is 25.7 Å². The van der Waals surface area contributed by atoms with Gasteiger partial charge in [0.25, 0.3) is 0 Å². The summed E-state index contributed by atoms with van der Waals surface area (Å²) < 4.78 is 0. The molecule has 1 amide bonds. The molecular weight excluding hydrogens is 550 g/mol. The first kappa shape index (κ1) is 42.8. The third-order valence-electron chi connectivity index (χ3n) is 8.68. The SMILES string of the molecule is CCCCCCCC/C=C\C/C=C\CC(O)C(=O)NC(CO)C(O)C(O)CCCCCCCCCCCCCCCCCC. The highest BCUT2D eigenvalue weighted by Crippen LogP contribution is 2.16. The molecule has 6 nitrogen and oxygen atoms in total. The van der Waals surface area contributed by atoms with E-state index in [4.69, 9.17) is 0 Å². The maximum atomic E-state index is 12.4. The van der Waals surface area contributed by atoms with Crippen LogP contribution in [0.5, 0.6) is 0 Å². The second-order valence-corrected chi connectivity index (χ2v) is 12.9. The van der Waals surface area contributed by atoms with Crippen LogP contribution < -0.4 is 5.32 Å². The Morgan fingerprint density at radius 1 is 0.591 bits per heavy atom. The van der Waals surface area contributed by atoms with Gasteiger partial charge in [-0.05, 0) is 25.7 Å². The van der Waals surface area contributed by atoms with Gasteiger partial charge in [0.1, 0.15) is 12.2 Å². The minimum absolute atomic E-state index is 0.160. The Labute approximate surface area is 272 Å². The van der Waals surface area contributed by atoms with Crippen molar-refractivity contribution in [1.29, 1.82) is 0 Å². The molecule has 0 fully saturated rings. The van der Waals surface area contributed by atoms with E-state index in [1.807, 2.05) is 6.08 Å². The smallest absolute Gasteiger partial charge is 0.249 e. The summed E-state index contributed by atoms with van der Waals surface area (Å²) in [6.07, 6.45) is 35.0. The first-order valence-corrected chi connectivity index (χ1v) is 18.7. The number of carbonyl (C=O) groups excluding carboxylic acids is 1. The fourth-order valence-corrected chi connectivity index (χ4v) is 5.62. The lowest BCUT2D eigenvalue weighted by atomic mass is 9.99. The molecule has 0 radical (unpaired) electrons. The van der Waals surface area contributed by atoms with Gasteiger partial charge in [0.2, 0.25) is 5.91 Å². The number of rotatable bonds is 33. The zero-order valence-corrected chi connectivity index (χ0v) is 28.9. The Morgan fingerprint density at radius 3 is 1.50 bits per heavy atom. The summed E-state index contributed by atoms with van der Waals surface area (Å²) in [4.78, 5) is 12.4. The molecule has 5 N–H and O–H groups in total. The molecule has 44 heavy (non-hydrogen) atoms. The third-order valence-corrected chi connectivity index (χ3v) is 8.68. The number of allylic oxidation sites excluding steroid dienone is 3. The normalized spacial score (nSPS) is 14.8. The standard InChI is InChI=1S/C38H73NO5/c1-3-5-7-9-11-13-15-17-18-19-20-22-23-25-27-29-31-35(41)37(43)34(33-40)39-38(44)36(42)32-30-28-26-24-21-16-14-12-10-8-6-4-2/h21,24,28,30,34-37,40-43H,3-20,22-23,25-27,29,31-33H2,1-2H3,(H,39,44)/b24-21-,30-28-. The Hall–Kier alpha value is -1.21. The van der Waals surface area contributed by atoms with Gasteiger partial charge in [0.15, 0.2) is 0 Å². The number of nitrogens with one attached hydrogen (secondary N) is 1. The Kier molecular flexibility index (Phi) is 32.2. The molecule has 0 saturated carbocycles. The van der Waals surface area contributed by atoms with Crippen LogP contribution in [0.15, 0.2) is 24.3 Å². The molecule has 0 aromatic heterocycles. The molecule has 0 heterocycles. The summed E-state index contributed by atoms with van der Waals surface area (Å²) in [6.45, 7) is 3.99. The van der Waals surface area contributed by atoms with E-state index in [-0.39, 0.29) is 6.42 Å². The molecule has 0 aromatic carbocycles. The molecule has 0 aromatic rings. The van der Waals surface area contributed by atoms with Crippen LogP contribution >= 0.6 is 0 Å². The molecule has 0 spiro atoms. The van der Waals surface area contributed by atoms with E-state index in [0.29, 0.717) is 6.42 Å². The van der Waals surface area contributed by atoms with Crippen molar-refractivity contribution in [1.82, 2.24) is 5.32 Å². The quantitative estimate of drug-likeness (QED) is 0.0371. The first-order chi connectivity index (χ1) is 21.5. The highest BCUT2D eigenvalue weighted by molar-refractivity contribution is 5.81. The van der Waals surface area contributed by atoms with Crippen molar-refractivity contribution in [3.05, 3.63) is 24.3 Å². The van der Waals surface area contributed by atoms with Crippen molar-refractivity contribution in [2.24, 2.45) is 0 Å². The molecular formula is C38H73NO5. The molecule has 0 aliphatic rings. The molecule has 0 bridgehead atoms. The molecule has 0 aliphatic carbocycles. The Morgan fingerprint density at radius 2 is 1.02 bits per heavy atom. The minimum atomic E-state index is -1.28. The lowest BCUT2D eigenvalue weighted by Crippen LogP contribution is -2.53. The largest absolute Gasteiger partial charge is 0.394 e. The van der Waals surface area contributed by atoms with Crippen molar-refractivity contribution in [3.63, 3.8) is 0 Å². The van der Waals surface area contributed by atoms with E-state index in [2.05, 4.69) is 31.3 Å². The number of unbranched alkanes of at least 4 members (excludes halogenated alkanes) is 21. The van der Waals surface area contributed by atoms with Crippen molar-refractivity contribution < 1.29 is 25.2 Å². The minimum Gasteiger partial charge on any atom is -0.394 e. The lowest BCUT2D eigenvalue weighted by Gasteiger charge is -2.27. The van der Waals surface area contributed by atoms with E-state index in [9.17, 15) is 25.2 Å². The van der Waals surface area contributed by atoms with Gasteiger partial charge in [0.05, 0.1) is 18.8 Å². The second kappa shape index (κ2) is 33.2. The van der Waals surface area contributed by atoms with Gasteiger partial charge in [-0.25, -0.2) is 0 Å². The van der Waals surface area contributed by atoms with Gasteiger partial charge in [0, 0.05) is 6.42 Å². The van der Waals surface area contributed by atoms with Crippen molar-refractivity contribution in [2.45, 2.75) is 205 Å². The topological polar surface area (TPSA) is 110 Å². The van der Waals surface area contributed by atoms with Crippen molar-refractivity contribution in [2.75, 3.05) is 6.61 Å². The summed E-state index contributed by atoms with van der Waals surface area (Å²) in [5, 5.41) is 43.3. The van der Waals surface area contributed by atoms with Crippen molar-refractivity contribution in [3.8, 4) is 0 Å². The van der Waals surface area contributed by atoms with E-state index >= 15 is 0 Å². The van der Waals surface area contributed by atoms with Gasteiger partial charge in [-0.1, -0.05) is 173 Å². The fourth-order valence-electron chi connectivity index (χ4n) is 5.62. The van der Waals surface area contributed by atoms with Crippen LogP contribution in [0, 0.1) is 0 Å². The summed E-state index contributed by atoms with van der Waals surface area (Å²) in [5.74, 6) is -0.652. The predicted molar refractivity (Wildman–Crippen MR) is 187 cm³/mol. The van der Waals surface area contributed by atoms with Gasteiger partial charge in [-0.15, -0.1) is 0 Å². The highest BCUT2D eigenvalue weighted by atomic mass is 16.3. The lowest BCUT2D eigenvalue weighted by molar-refractivity contribution is -0.132. The molecule has 6 heteroatoms. The van der Waals surface area contributed by atoms with Crippen LogP contribution in [-0.2, 0) is 4.79 Å². The van der Waals surface area contributed by atoms with E-state index in [0.717, 1.165) is 32.1 Å². The summed E-state index contributed by atoms with van der Waals surface area (Å²) in [6, 6.07) is -1.01. The summed E-state index contributed by atoms with van der Waals surface area (Å²) >= 11 is 0. The molecule has 0 saturated heterocycles. The van der Waals surface area contributed by atoms with Crippen LogP contribution in [0.4, 0.5) is 0 Å². The van der Waals surface area contributed by atoms with Crippen LogP contribution in [0.25, 0.3) is 0 Å². The predicted octanol–water partition coefficient (Wildman–Crippen LogP) is 8.84. The number of aliphatic hydroxyl groups is 4. The maximum Gasteiger partial charge on any atom is 0.249 e. The number of hydrogen-bond donors (Lipinski definition) is 5. The van der Waals surface area contributed by atoms with Crippen LogP contribution in [0.2, 0.25) is 0 Å². The van der Waals surface area contributed by atoms with Crippen LogP contribution in [0.3, 0.4) is 0 Å². The molecule has 0 rings (SSSR count). The average Bonchev–Trinajstić information content (AvgIpc) is 3.03. The average molecular weight is 624 g/mol. The van der Waals surface area contributed by atoms with Crippen molar-refractivity contribution >= 4 is 5.91 Å². The monoisotopic (exact) mass is 624 g/mol. The number of amides is 1. The molecule has 4 atom stereocenters. The van der Waals surface area contributed by atoms with E-state index in [1.165, 1.54) is 122 Å². The van der Waals surface area contributed by atoms with E-state index in [1.54, 1.807) is 6.08 Å². The molecule has 260 valence electrons. The maximum absolute atomic E-state index is 12.4. The number of hydrogen-bond acceptors (Lipinski definition) is 5.